The number of carbonyl (C=O) groups excluding carboxylic acids is 1. The zero-order valence-corrected chi connectivity index (χ0v) is 16.2. The van der Waals surface area contributed by atoms with Crippen LogP contribution in [0.2, 0.25) is 0 Å². The van der Waals surface area contributed by atoms with E-state index in [1.54, 1.807) is 13.8 Å². The molecule has 0 aliphatic heterocycles. The number of hydrogen-bond acceptors (Lipinski definition) is 4. The van der Waals surface area contributed by atoms with E-state index < -0.39 is 5.60 Å². The Kier molecular flexibility index (Phi) is 10.7. The Balaban J connectivity index is 0.00000149. The first-order valence-corrected chi connectivity index (χ1v) is 9.11. The number of esters is 1. The number of carbonyl (C=O) groups is 1. The van der Waals surface area contributed by atoms with E-state index in [0.717, 1.165) is 12.8 Å². The second-order valence-electron chi connectivity index (χ2n) is 7.77. The summed E-state index contributed by atoms with van der Waals surface area (Å²) in [5.74, 6) is 1.25. The van der Waals surface area contributed by atoms with Crippen molar-refractivity contribution in [2.45, 2.75) is 85.9 Å². The molecule has 4 heteroatoms. The molecule has 0 amide bonds. The van der Waals surface area contributed by atoms with Gasteiger partial charge < -0.3 is 14.6 Å². The maximum Gasteiger partial charge on any atom is 0.332 e. The number of rotatable bonds is 6. The van der Waals surface area contributed by atoms with Crippen LogP contribution in [0.3, 0.4) is 0 Å². The minimum absolute atomic E-state index is 0.00656. The molecular weight excluding hydrogens is 292 g/mol. The molecule has 1 N–H and O–H groups in total. The fourth-order valence-electron chi connectivity index (χ4n) is 2.75. The van der Waals surface area contributed by atoms with Gasteiger partial charge in [-0.25, -0.2) is 4.79 Å². The topological polar surface area (TPSA) is 55.8 Å². The quantitative estimate of drug-likeness (QED) is 0.742. The van der Waals surface area contributed by atoms with Gasteiger partial charge in [-0.2, -0.15) is 0 Å². The molecule has 0 saturated heterocycles. The Morgan fingerprint density at radius 3 is 2.30 bits per heavy atom. The molecule has 0 bridgehead atoms. The standard InChI is InChI=1S/C16H30O4.C3H8/c1-11(2)13-7-6-12(3)8-14(13)20-15(18)9-19-16(4,5)10-17;1-3-2/h11-14,17H,6-10H2,1-5H3;3H2,1-2H3. The van der Waals surface area contributed by atoms with Gasteiger partial charge in [0.2, 0.25) is 0 Å². The molecule has 1 saturated carbocycles. The molecule has 0 aromatic heterocycles. The molecule has 1 rings (SSSR count). The Labute approximate surface area is 142 Å². The monoisotopic (exact) mass is 330 g/mol. The lowest BCUT2D eigenvalue weighted by Gasteiger charge is -2.36. The number of hydrogen-bond donors (Lipinski definition) is 1. The van der Waals surface area contributed by atoms with Gasteiger partial charge in [0.15, 0.2) is 0 Å². The first-order chi connectivity index (χ1) is 10.7. The van der Waals surface area contributed by atoms with Crippen LogP contribution in [-0.4, -0.2) is 36.0 Å². The third-order valence-corrected chi connectivity index (χ3v) is 4.21. The molecule has 1 aliphatic carbocycles. The normalized spacial score (nSPS) is 24.8. The molecule has 0 radical (unpaired) electrons. The number of ether oxygens (including phenoxy) is 2. The van der Waals surface area contributed by atoms with Crippen LogP contribution in [0.5, 0.6) is 0 Å². The second-order valence-corrected chi connectivity index (χ2v) is 7.77. The zero-order valence-electron chi connectivity index (χ0n) is 16.2. The Hall–Kier alpha value is -0.610. The fraction of sp³-hybridized carbons (Fsp3) is 0.947. The molecular formula is C19H38O4. The Morgan fingerprint density at radius 1 is 1.26 bits per heavy atom. The van der Waals surface area contributed by atoms with E-state index in [-0.39, 0.29) is 25.3 Å². The van der Waals surface area contributed by atoms with Gasteiger partial charge in [0.1, 0.15) is 12.7 Å². The average molecular weight is 331 g/mol. The molecule has 1 aliphatic rings. The van der Waals surface area contributed by atoms with Crippen molar-refractivity contribution in [3.05, 3.63) is 0 Å². The van der Waals surface area contributed by atoms with Crippen LogP contribution < -0.4 is 0 Å². The van der Waals surface area contributed by atoms with Gasteiger partial charge in [-0.05, 0) is 44.4 Å². The zero-order chi connectivity index (χ0) is 18.0. The summed E-state index contributed by atoms with van der Waals surface area (Å²) >= 11 is 0. The van der Waals surface area contributed by atoms with Crippen LogP contribution in [0.15, 0.2) is 0 Å². The van der Waals surface area contributed by atoms with Crippen molar-refractivity contribution in [3.8, 4) is 0 Å². The van der Waals surface area contributed by atoms with E-state index in [9.17, 15) is 4.79 Å². The van der Waals surface area contributed by atoms with Crippen molar-refractivity contribution in [1.82, 2.24) is 0 Å². The van der Waals surface area contributed by atoms with Crippen LogP contribution in [-0.2, 0) is 14.3 Å². The van der Waals surface area contributed by atoms with Gasteiger partial charge >= 0.3 is 5.97 Å². The van der Waals surface area contributed by atoms with E-state index in [1.165, 1.54) is 12.8 Å². The third-order valence-electron chi connectivity index (χ3n) is 4.21. The molecule has 0 aromatic carbocycles. The molecule has 3 atom stereocenters. The predicted octanol–water partition coefficient (Wildman–Crippen LogP) is 4.19. The molecule has 1 fully saturated rings. The van der Waals surface area contributed by atoms with Crippen LogP contribution in [0, 0.1) is 17.8 Å². The molecule has 138 valence electrons. The summed E-state index contributed by atoms with van der Waals surface area (Å²) < 4.78 is 11.0. The Bertz CT molecular complexity index is 325. The minimum atomic E-state index is -0.698. The third kappa shape index (κ3) is 9.31. The predicted molar refractivity (Wildman–Crippen MR) is 94.3 cm³/mol. The van der Waals surface area contributed by atoms with Crippen molar-refractivity contribution in [2.75, 3.05) is 13.2 Å². The summed E-state index contributed by atoms with van der Waals surface area (Å²) in [6.45, 7) is 14.1. The molecule has 0 spiro atoms. The van der Waals surface area contributed by atoms with Crippen molar-refractivity contribution < 1.29 is 19.4 Å². The minimum Gasteiger partial charge on any atom is -0.460 e. The first kappa shape index (κ1) is 22.4. The van der Waals surface area contributed by atoms with Crippen molar-refractivity contribution in [1.29, 1.82) is 0 Å². The summed E-state index contributed by atoms with van der Waals surface area (Å²) in [6.07, 6.45) is 4.54. The molecule has 4 nitrogen and oxygen atoms in total. The average Bonchev–Trinajstić information content (AvgIpc) is 2.46. The van der Waals surface area contributed by atoms with Gasteiger partial charge in [-0.15, -0.1) is 0 Å². The molecule has 0 heterocycles. The van der Waals surface area contributed by atoms with E-state index in [0.29, 0.717) is 17.8 Å². The smallest absolute Gasteiger partial charge is 0.332 e. The van der Waals surface area contributed by atoms with Crippen LogP contribution in [0.4, 0.5) is 0 Å². The van der Waals surface area contributed by atoms with Crippen molar-refractivity contribution >= 4 is 5.97 Å². The Morgan fingerprint density at radius 2 is 1.83 bits per heavy atom. The van der Waals surface area contributed by atoms with Gasteiger partial charge in [0.05, 0.1) is 12.2 Å². The lowest BCUT2D eigenvalue weighted by atomic mass is 9.75. The van der Waals surface area contributed by atoms with Gasteiger partial charge in [-0.3, -0.25) is 0 Å². The van der Waals surface area contributed by atoms with Crippen LogP contribution in [0.25, 0.3) is 0 Å². The highest BCUT2D eigenvalue weighted by Gasteiger charge is 2.33. The van der Waals surface area contributed by atoms with E-state index in [2.05, 4.69) is 34.6 Å². The lowest BCUT2D eigenvalue weighted by Crippen LogP contribution is -2.38. The summed E-state index contributed by atoms with van der Waals surface area (Å²) in [4.78, 5) is 11.9. The lowest BCUT2D eigenvalue weighted by molar-refractivity contribution is -0.168. The first-order valence-electron chi connectivity index (χ1n) is 9.11. The summed E-state index contributed by atoms with van der Waals surface area (Å²) in [6, 6.07) is 0. The molecule has 3 unspecified atom stereocenters. The second kappa shape index (κ2) is 11.0. The van der Waals surface area contributed by atoms with Crippen LogP contribution >= 0.6 is 0 Å². The summed E-state index contributed by atoms with van der Waals surface area (Å²) in [7, 11) is 0. The highest BCUT2D eigenvalue weighted by atomic mass is 16.6. The van der Waals surface area contributed by atoms with Crippen LogP contribution in [0.1, 0.15) is 74.1 Å². The fourth-order valence-corrected chi connectivity index (χ4v) is 2.75. The SMILES string of the molecule is CC1CCC(C(C)C)C(OC(=O)COC(C)(C)CO)C1.CCC. The maximum atomic E-state index is 11.9. The highest BCUT2D eigenvalue weighted by Crippen LogP contribution is 2.35. The van der Waals surface area contributed by atoms with Crippen molar-refractivity contribution in [3.63, 3.8) is 0 Å². The largest absolute Gasteiger partial charge is 0.460 e. The van der Waals surface area contributed by atoms with Gasteiger partial charge in [-0.1, -0.05) is 47.5 Å². The van der Waals surface area contributed by atoms with E-state index in [1.807, 2.05) is 0 Å². The van der Waals surface area contributed by atoms with E-state index in [4.69, 9.17) is 14.6 Å². The summed E-state index contributed by atoms with van der Waals surface area (Å²) in [5.41, 5.74) is -0.698. The van der Waals surface area contributed by atoms with Crippen molar-refractivity contribution in [2.24, 2.45) is 17.8 Å². The van der Waals surface area contributed by atoms with E-state index >= 15 is 0 Å². The molecule has 0 aromatic rings. The maximum absolute atomic E-state index is 11.9. The summed E-state index contributed by atoms with van der Waals surface area (Å²) in [5, 5.41) is 9.10. The molecule has 23 heavy (non-hydrogen) atoms. The number of aliphatic hydroxyl groups excluding tert-OH is 1. The number of aliphatic hydroxyl groups is 1. The van der Waals surface area contributed by atoms with Gasteiger partial charge in [0.25, 0.3) is 0 Å². The van der Waals surface area contributed by atoms with Gasteiger partial charge in [0, 0.05) is 0 Å². The highest BCUT2D eigenvalue weighted by molar-refractivity contribution is 5.71.